The van der Waals surface area contributed by atoms with Gasteiger partial charge in [0.2, 0.25) is 17.6 Å². The molecule has 2 amide bonds. The van der Waals surface area contributed by atoms with Crippen LogP contribution in [-0.2, 0) is 27.3 Å². The molecule has 9 heteroatoms. The first kappa shape index (κ1) is 22.3. The number of hydrogen-bond acceptors (Lipinski definition) is 6. The molecular formula is C24H24N4O5. The molecule has 33 heavy (non-hydrogen) atoms. The number of carbonyl (C=O) groups is 3. The fraction of sp³-hybridized carbons (Fsp3) is 0.292. The van der Waals surface area contributed by atoms with E-state index in [9.17, 15) is 24.3 Å². The van der Waals surface area contributed by atoms with Crippen LogP contribution in [0.3, 0.4) is 0 Å². The lowest BCUT2D eigenvalue weighted by Gasteiger charge is -2.21. The van der Waals surface area contributed by atoms with Crippen molar-refractivity contribution < 1.29 is 19.5 Å². The van der Waals surface area contributed by atoms with E-state index in [2.05, 4.69) is 10.3 Å². The number of unbranched alkanes of at least 4 members (excludes halogenated alkanes) is 1. The monoisotopic (exact) mass is 448 g/mol. The first-order chi connectivity index (χ1) is 16.0. The highest BCUT2D eigenvalue weighted by Gasteiger charge is 2.23. The molecule has 2 aromatic carbocycles. The minimum atomic E-state index is -0.628. The number of amides is 2. The molecule has 4 rings (SSSR count). The summed E-state index contributed by atoms with van der Waals surface area (Å²) in [7, 11) is 0. The maximum Gasteiger partial charge on any atom is 0.294 e. The molecule has 0 saturated heterocycles. The smallest absolute Gasteiger partial charge is 0.294 e. The zero-order chi connectivity index (χ0) is 23.4. The Balaban J connectivity index is 1.35. The maximum absolute atomic E-state index is 12.7. The third-order valence-electron chi connectivity index (χ3n) is 5.57. The van der Waals surface area contributed by atoms with Crippen molar-refractivity contribution in [3.63, 3.8) is 0 Å². The van der Waals surface area contributed by atoms with E-state index < -0.39 is 11.7 Å². The summed E-state index contributed by atoms with van der Waals surface area (Å²) >= 11 is 0. The van der Waals surface area contributed by atoms with E-state index >= 15 is 0 Å². The van der Waals surface area contributed by atoms with Gasteiger partial charge in [-0.1, -0.05) is 24.3 Å². The number of nitrogens with one attached hydrogen (secondary N) is 1. The standard InChI is InChI=1S/C24H24N4O5/c29-13-12-27(17-7-2-1-3-8-17)23(33)20(30)9-5-4-6-16-10-11-19-18(14-16)22(32)28-15-21(31)26-24(28)25-19/h1-3,7-8,10-11,14,29H,4-6,9,12-13,15H2,(H,25,26,31). The minimum Gasteiger partial charge on any atom is -0.395 e. The van der Waals surface area contributed by atoms with Crippen molar-refractivity contribution in [3.8, 4) is 0 Å². The van der Waals surface area contributed by atoms with Crippen LogP contribution >= 0.6 is 0 Å². The fourth-order valence-electron chi connectivity index (χ4n) is 3.90. The molecule has 0 bridgehead atoms. The molecule has 1 aliphatic heterocycles. The number of aliphatic hydroxyl groups excluding tert-OH is 1. The molecular weight excluding hydrogens is 424 g/mol. The molecule has 0 radical (unpaired) electrons. The largest absolute Gasteiger partial charge is 0.395 e. The number of nitrogens with zero attached hydrogens (tertiary/aromatic N) is 3. The Hall–Kier alpha value is -3.85. The average Bonchev–Trinajstić information content (AvgIpc) is 3.21. The van der Waals surface area contributed by atoms with Gasteiger partial charge < -0.3 is 10.0 Å². The SMILES string of the molecule is O=C1Cn2c(nc3ccc(CCCCC(=O)C(=O)N(CCO)c4ccccc4)cc3c2=O)N1. The van der Waals surface area contributed by atoms with E-state index in [-0.39, 0.29) is 43.5 Å². The summed E-state index contributed by atoms with van der Waals surface area (Å²) in [6, 6.07) is 14.2. The number of benzene rings is 2. The number of Topliss-reactive ketones (excluding diaryl/α,β-unsaturated/α-hetero) is 1. The predicted octanol–water partition coefficient (Wildman–Crippen LogP) is 1.66. The molecule has 0 unspecified atom stereocenters. The van der Waals surface area contributed by atoms with Crippen molar-refractivity contribution in [3.05, 3.63) is 64.4 Å². The lowest BCUT2D eigenvalue weighted by molar-refractivity contribution is -0.136. The Bertz CT molecular complexity index is 1270. The molecule has 0 fully saturated rings. The van der Waals surface area contributed by atoms with Crippen molar-refractivity contribution in [2.75, 3.05) is 23.4 Å². The number of aliphatic hydroxyl groups is 1. The number of aromatic nitrogens is 2. The van der Waals surface area contributed by atoms with E-state index in [0.29, 0.717) is 35.9 Å². The van der Waals surface area contributed by atoms with Gasteiger partial charge in [-0.05, 0) is 49.1 Å². The molecule has 170 valence electrons. The van der Waals surface area contributed by atoms with Gasteiger partial charge in [-0.2, -0.15) is 0 Å². The highest BCUT2D eigenvalue weighted by molar-refractivity contribution is 6.41. The fourth-order valence-corrected chi connectivity index (χ4v) is 3.90. The molecule has 2 heterocycles. The second kappa shape index (κ2) is 9.74. The van der Waals surface area contributed by atoms with Gasteiger partial charge in [0.25, 0.3) is 11.5 Å². The maximum atomic E-state index is 12.7. The van der Waals surface area contributed by atoms with Crippen LogP contribution in [0.5, 0.6) is 0 Å². The molecule has 2 N–H and O–H groups in total. The Kier molecular flexibility index (Phi) is 6.60. The third-order valence-corrected chi connectivity index (χ3v) is 5.57. The summed E-state index contributed by atoms with van der Waals surface area (Å²) in [4.78, 5) is 54.9. The van der Waals surface area contributed by atoms with Gasteiger partial charge in [0.1, 0.15) is 6.54 Å². The first-order valence-electron chi connectivity index (χ1n) is 10.8. The Morgan fingerprint density at radius 3 is 2.64 bits per heavy atom. The summed E-state index contributed by atoms with van der Waals surface area (Å²) in [6.07, 6.45) is 1.92. The number of carbonyl (C=O) groups excluding carboxylic acids is 3. The summed E-state index contributed by atoms with van der Waals surface area (Å²) in [5.74, 6) is -1.13. The second-order valence-electron chi connectivity index (χ2n) is 7.87. The van der Waals surface area contributed by atoms with Crippen LogP contribution in [0, 0.1) is 0 Å². The number of para-hydroxylation sites is 1. The van der Waals surface area contributed by atoms with Crippen LogP contribution in [0.4, 0.5) is 11.6 Å². The topological polar surface area (TPSA) is 122 Å². The summed E-state index contributed by atoms with van der Waals surface area (Å²) in [5.41, 5.74) is 1.75. The van der Waals surface area contributed by atoms with Gasteiger partial charge in [0.05, 0.1) is 17.5 Å². The number of hydrogen-bond donors (Lipinski definition) is 2. The van der Waals surface area contributed by atoms with Crippen LogP contribution in [0.2, 0.25) is 0 Å². The molecule has 0 spiro atoms. The minimum absolute atomic E-state index is 0.0340. The van der Waals surface area contributed by atoms with Crippen molar-refractivity contribution in [1.82, 2.24) is 9.55 Å². The lowest BCUT2D eigenvalue weighted by atomic mass is 10.0. The summed E-state index contributed by atoms with van der Waals surface area (Å²) in [5, 5.41) is 12.3. The quantitative estimate of drug-likeness (QED) is 0.379. The van der Waals surface area contributed by atoms with Gasteiger partial charge in [-0.3, -0.25) is 29.1 Å². The van der Waals surface area contributed by atoms with Gasteiger partial charge in [0.15, 0.2) is 0 Å². The van der Waals surface area contributed by atoms with Crippen LogP contribution in [0.15, 0.2) is 53.3 Å². The van der Waals surface area contributed by atoms with Crippen molar-refractivity contribution in [2.24, 2.45) is 0 Å². The van der Waals surface area contributed by atoms with E-state index in [1.54, 1.807) is 36.4 Å². The van der Waals surface area contributed by atoms with Crippen LogP contribution < -0.4 is 15.8 Å². The lowest BCUT2D eigenvalue weighted by Crippen LogP contribution is -2.38. The number of fused-ring (bicyclic) bond motifs is 2. The highest BCUT2D eigenvalue weighted by Crippen LogP contribution is 2.18. The van der Waals surface area contributed by atoms with Gasteiger partial charge in [0, 0.05) is 18.7 Å². The number of anilines is 2. The zero-order valence-electron chi connectivity index (χ0n) is 18.0. The predicted molar refractivity (Wildman–Crippen MR) is 123 cm³/mol. The zero-order valence-corrected chi connectivity index (χ0v) is 18.0. The molecule has 1 aromatic heterocycles. The van der Waals surface area contributed by atoms with E-state index in [4.69, 9.17) is 0 Å². The van der Waals surface area contributed by atoms with Crippen molar-refractivity contribution in [1.29, 1.82) is 0 Å². The molecule has 1 aliphatic rings. The molecule has 0 atom stereocenters. The van der Waals surface area contributed by atoms with Crippen molar-refractivity contribution >= 4 is 40.1 Å². The third kappa shape index (κ3) is 4.83. The van der Waals surface area contributed by atoms with Crippen LogP contribution in [0.25, 0.3) is 10.9 Å². The van der Waals surface area contributed by atoms with Crippen LogP contribution in [0.1, 0.15) is 24.8 Å². The Morgan fingerprint density at radius 2 is 1.88 bits per heavy atom. The summed E-state index contributed by atoms with van der Waals surface area (Å²) in [6.45, 7) is -0.216. The van der Waals surface area contributed by atoms with E-state index in [1.807, 2.05) is 12.1 Å². The van der Waals surface area contributed by atoms with E-state index in [1.165, 1.54) is 9.47 Å². The highest BCUT2D eigenvalue weighted by atomic mass is 16.3. The first-order valence-corrected chi connectivity index (χ1v) is 10.8. The van der Waals surface area contributed by atoms with Gasteiger partial charge in [-0.15, -0.1) is 0 Å². The number of aryl methyl sites for hydroxylation is 1. The van der Waals surface area contributed by atoms with Crippen molar-refractivity contribution in [2.45, 2.75) is 32.2 Å². The molecule has 3 aromatic rings. The Morgan fingerprint density at radius 1 is 1.09 bits per heavy atom. The Labute approximate surface area is 189 Å². The number of rotatable bonds is 9. The van der Waals surface area contributed by atoms with Crippen LogP contribution in [-0.4, -0.2) is 45.4 Å². The van der Waals surface area contributed by atoms with Gasteiger partial charge in [-0.25, -0.2) is 4.98 Å². The molecule has 9 nitrogen and oxygen atoms in total. The average molecular weight is 448 g/mol. The number of ketones is 1. The summed E-state index contributed by atoms with van der Waals surface area (Å²) < 4.78 is 1.32. The molecule has 0 saturated carbocycles. The second-order valence-corrected chi connectivity index (χ2v) is 7.87. The normalized spacial score (nSPS) is 12.5. The van der Waals surface area contributed by atoms with Gasteiger partial charge >= 0.3 is 0 Å². The van der Waals surface area contributed by atoms with E-state index in [0.717, 1.165) is 5.56 Å². The molecule has 0 aliphatic carbocycles.